The number of esters is 1. The number of hydrogen-bond donors (Lipinski definition) is 2. The Hall–Kier alpha value is -2.23. The minimum Gasteiger partial charge on any atom is -0.465 e. The molecule has 3 rings (SSSR count). The molecule has 2 heterocycles. The van der Waals surface area contributed by atoms with Crippen LogP contribution in [-0.2, 0) is 11.3 Å². The van der Waals surface area contributed by atoms with Crippen LogP contribution < -0.4 is 10.6 Å². The Morgan fingerprint density at radius 1 is 1.30 bits per heavy atom. The predicted molar refractivity (Wildman–Crippen MR) is 129 cm³/mol. The second-order valence-electron chi connectivity index (χ2n) is 6.65. The molecule has 0 atom stereocenters. The zero-order valence-corrected chi connectivity index (χ0v) is 20.2. The summed E-state index contributed by atoms with van der Waals surface area (Å²) >= 11 is 10.4. The maximum atomic E-state index is 12.2. The average molecular weight is 507 g/mol. The number of nitrogens with zero attached hydrogens (tertiary/aromatic N) is 2. The van der Waals surface area contributed by atoms with Crippen LogP contribution in [0.4, 0.5) is 5.00 Å². The van der Waals surface area contributed by atoms with Gasteiger partial charge in [0.25, 0.3) is 0 Å². The highest BCUT2D eigenvalue weighted by molar-refractivity contribution is 9.10. The highest BCUT2D eigenvalue weighted by Crippen LogP contribution is 2.35. The molecule has 0 saturated heterocycles. The van der Waals surface area contributed by atoms with Crippen LogP contribution in [0.1, 0.15) is 28.2 Å². The first-order valence-corrected chi connectivity index (χ1v) is 11.4. The number of aryl methyl sites for hydroxylation is 2. The highest BCUT2D eigenvalue weighted by Gasteiger charge is 2.18. The van der Waals surface area contributed by atoms with Crippen molar-refractivity contribution in [2.45, 2.75) is 26.8 Å². The first-order chi connectivity index (χ1) is 14.4. The number of aromatic nitrogens is 2. The third-order valence-electron chi connectivity index (χ3n) is 4.55. The van der Waals surface area contributed by atoms with Crippen molar-refractivity contribution in [2.75, 3.05) is 19.0 Å². The van der Waals surface area contributed by atoms with E-state index in [2.05, 4.69) is 31.7 Å². The number of carbonyl (C=O) groups excluding carboxylic acids is 1. The Labute approximate surface area is 193 Å². The van der Waals surface area contributed by atoms with Crippen molar-refractivity contribution in [3.8, 4) is 10.4 Å². The van der Waals surface area contributed by atoms with Gasteiger partial charge >= 0.3 is 5.97 Å². The molecule has 0 fully saturated rings. The first-order valence-electron chi connectivity index (χ1n) is 9.42. The van der Waals surface area contributed by atoms with E-state index in [0.717, 1.165) is 39.3 Å². The Morgan fingerprint density at radius 3 is 2.67 bits per heavy atom. The van der Waals surface area contributed by atoms with Crippen molar-refractivity contribution in [1.29, 1.82) is 0 Å². The number of thiophene rings is 1. The minimum atomic E-state index is -0.395. The van der Waals surface area contributed by atoms with E-state index in [1.807, 2.05) is 54.9 Å². The Balaban J connectivity index is 1.60. The largest absolute Gasteiger partial charge is 0.465 e. The summed E-state index contributed by atoms with van der Waals surface area (Å²) in [5.41, 5.74) is 3.61. The van der Waals surface area contributed by atoms with Crippen LogP contribution in [0.2, 0.25) is 0 Å². The van der Waals surface area contributed by atoms with Crippen LogP contribution in [-0.4, -0.2) is 34.5 Å². The van der Waals surface area contributed by atoms with Crippen molar-refractivity contribution in [3.63, 3.8) is 0 Å². The molecule has 1 aromatic carbocycles. The molecule has 0 bridgehead atoms. The molecular weight excluding hydrogens is 484 g/mol. The molecule has 3 aromatic rings. The monoisotopic (exact) mass is 506 g/mol. The number of rotatable bonds is 7. The van der Waals surface area contributed by atoms with Crippen molar-refractivity contribution in [2.24, 2.45) is 0 Å². The predicted octanol–water partition coefficient (Wildman–Crippen LogP) is 5.15. The molecule has 0 aliphatic rings. The molecule has 0 radical (unpaired) electrons. The van der Waals surface area contributed by atoms with Crippen molar-refractivity contribution in [1.82, 2.24) is 15.1 Å². The summed E-state index contributed by atoms with van der Waals surface area (Å²) < 4.78 is 7.96. The van der Waals surface area contributed by atoms with Crippen LogP contribution in [0.5, 0.6) is 0 Å². The second kappa shape index (κ2) is 10.2. The Kier molecular flexibility index (Phi) is 7.63. The van der Waals surface area contributed by atoms with E-state index in [9.17, 15) is 4.79 Å². The number of benzene rings is 1. The molecule has 0 unspecified atom stereocenters. The van der Waals surface area contributed by atoms with Gasteiger partial charge in [0.05, 0.1) is 22.8 Å². The minimum absolute atomic E-state index is 0.395. The lowest BCUT2D eigenvalue weighted by Crippen LogP contribution is -2.30. The van der Waals surface area contributed by atoms with Gasteiger partial charge < -0.3 is 15.4 Å². The van der Waals surface area contributed by atoms with E-state index in [4.69, 9.17) is 17.0 Å². The fourth-order valence-electron chi connectivity index (χ4n) is 2.96. The molecule has 9 heteroatoms. The van der Waals surface area contributed by atoms with Crippen LogP contribution in [0.3, 0.4) is 0 Å². The van der Waals surface area contributed by atoms with Gasteiger partial charge in [-0.3, -0.25) is 4.68 Å². The van der Waals surface area contributed by atoms with E-state index in [1.165, 1.54) is 18.4 Å². The lowest BCUT2D eigenvalue weighted by molar-refractivity contribution is 0.0602. The van der Waals surface area contributed by atoms with Crippen molar-refractivity contribution in [3.05, 3.63) is 57.8 Å². The number of thiocarbonyl (C=S) groups is 1. The van der Waals surface area contributed by atoms with Gasteiger partial charge in [0.2, 0.25) is 0 Å². The third-order valence-corrected chi connectivity index (χ3v) is 7.04. The second-order valence-corrected chi connectivity index (χ2v) is 8.91. The summed E-state index contributed by atoms with van der Waals surface area (Å²) in [5, 5.41) is 12.0. The molecule has 0 aliphatic heterocycles. The van der Waals surface area contributed by atoms with Crippen LogP contribution in [0.25, 0.3) is 10.4 Å². The summed E-state index contributed by atoms with van der Waals surface area (Å²) in [6, 6.07) is 11.7. The zero-order valence-electron chi connectivity index (χ0n) is 17.0. The van der Waals surface area contributed by atoms with Gasteiger partial charge in [-0.1, -0.05) is 30.3 Å². The lowest BCUT2D eigenvalue weighted by Gasteiger charge is -2.11. The normalized spacial score (nSPS) is 10.7. The molecule has 0 spiro atoms. The molecule has 0 saturated carbocycles. The van der Waals surface area contributed by atoms with Crippen molar-refractivity contribution < 1.29 is 9.53 Å². The number of nitrogens with one attached hydrogen (secondary N) is 2. The molecule has 158 valence electrons. The summed E-state index contributed by atoms with van der Waals surface area (Å²) in [7, 11) is 1.37. The van der Waals surface area contributed by atoms with Gasteiger partial charge in [-0.15, -0.1) is 11.3 Å². The number of ether oxygens (including phenoxy) is 1. The third kappa shape index (κ3) is 5.27. The SMILES string of the molecule is COC(=O)c1cc(-c2ccccc2)sc1NC(=S)NCCCn1nc(C)c(Br)c1C. The summed E-state index contributed by atoms with van der Waals surface area (Å²) in [5.74, 6) is -0.395. The molecule has 0 amide bonds. The lowest BCUT2D eigenvalue weighted by atomic mass is 10.1. The summed E-state index contributed by atoms with van der Waals surface area (Å²) in [6.07, 6.45) is 0.861. The van der Waals surface area contributed by atoms with Gasteiger partial charge in [0.1, 0.15) is 5.00 Å². The maximum Gasteiger partial charge on any atom is 0.340 e. The van der Waals surface area contributed by atoms with E-state index in [0.29, 0.717) is 22.2 Å². The van der Waals surface area contributed by atoms with Gasteiger partial charge in [0, 0.05) is 23.7 Å². The standard InChI is InChI=1S/C21H23BrN4O2S2/c1-13-18(22)14(2)26(25-13)11-7-10-23-21(29)24-19-16(20(27)28-3)12-17(30-19)15-8-5-4-6-9-15/h4-6,8-9,12H,7,10-11H2,1-3H3,(H2,23,24,29). The van der Waals surface area contributed by atoms with E-state index >= 15 is 0 Å². The van der Waals surface area contributed by atoms with Crippen LogP contribution >= 0.6 is 39.5 Å². The van der Waals surface area contributed by atoms with Gasteiger partial charge in [-0.25, -0.2) is 4.79 Å². The highest BCUT2D eigenvalue weighted by atomic mass is 79.9. The molecule has 2 N–H and O–H groups in total. The molecule has 6 nitrogen and oxygen atoms in total. The van der Waals surface area contributed by atoms with E-state index < -0.39 is 5.97 Å². The smallest absolute Gasteiger partial charge is 0.340 e. The molecule has 2 aromatic heterocycles. The number of hydrogen-bond acceptors (Lipinski definition) is 5. The van der Waals surface area contributed by atoms with Gasteiger partial charge in [-0.05, 0) is 60.0 Å². The molecule has 30 heavy (non-hydrogen) atoms. The summed E-state index contributed by atoms with van der Waals surface area (Å²) in [6.45, 7) is 5.50. The van der Waals surface area contributed by atoms with Crippen LogP contribution in [0.15, 0.2) is 40.9 Å². The number of anilines is 1. The van der Waals surface area contributed by atoms with E-state index in [-0.39, 0.29) is 0 Å². The fourth-order valence-corrected chi connectivity index (χ4v) is 4.57. The average Bonchev–Trinajstić information content (AvgIpc) is 3.28. The topological polar surface area (TPSA) is 68.2 Å². The molecule has 0 aliphatic carbocycles. The Morgan fingerprint density at radius 2 is 2.03 bits per heavy atom. The van der Waals surface area contributed by atoms with Gasteiger partial charge in [-0.2, -0.15) is 5.10 Å². The number of carbonyl (C=O) groups is 1. The maximum absolute atomic E-state index is 12.2. The first kappa shape index (κ1) is 22.5. The van der Waals surface area contributed by atoms with Crippen molar-refractivity contribution >= 4 is 55.6 Å². The number of methoxy groups -OCH3 is 1. The Bertz CT molecular complexity index is 1050. The molecular formula is C21H23BrN4O2S2. The van der Waals surface area contributed by atoms with Gasteiger partial charge in [0.15, 0.2) is 5.11 Å². The van der Waals surface area contributed by atoms with E-state index in [1.54, 1.807) is 0 Å². The summed E-state index contributed by atoms with van der Waals surface area (Å²) in [4.78, 5) is 13.2. The van der Waals surface area contributed by atoms with Crippen LogP contribution in [0, 0.1) is 13.8 Å². The zero-order chi connectivity index (χ0) is 21.7. The number of halogens is 1. The quantitative estimate of drug-likeness (QED) is 0.262. The fraction of sp³-hybridized carbons (Fsp3) is 0.286.